The van der Waals surface area contributed by atoms with E-state index in [0.29, 0.717) is 28.6 Å². The maximum atomic E-state index is 12.9. The Kier molecular flexibility index (Phi) is 6.26. The topological polar surface area (TPSA) is 81.0 Å². The number of aromatic nitrogens is 1. The molecule has 35 heavy (non-hydrogen) atoms. The first-order valence-corrected chi connectivity index (χ1v) is 11.9. The van der Waals surface area contributed by atoms with Crippen LogP contribution >= 0.6 is 11.6 Å². The number of halogens is 1. The second-order valence-corrected chi connectivity index (χ2v) is 10.5. The van der Waals surface area contributed by atoms with Crippen molar-refractivity contribution < 1.29 is 24.2 Å². The molecule has 0 fully saturated rings. The number of aryl methyl sites for hydroxylation is 1. The summed E-state index contributed by atoms with van der Waals surface area (Å²) in [5.41, 5.74) is 4.99. The van der Waals surface area contributed by atoms with Gasteiger partial charge in [-0.05, 0) is 82.5 Å². The average molecular weight is 499 g/mol. The van der Waals surface area contributed by atoms with Gasteiger partial charge in [0.2, 0.25) is 0 Å². The molecule has 0 unspecified atom stereocenters. The molecule has 7 nitrogen and oxygen atoms in total. The molecule has 1 aromatic heterocycles. The van der Waals surface area contributed by atoms with E-state index in [1.54, 1.807) is 17.0 Å². The summed E-state index contributed by atoms with van der Waals surface area (Å²) < 4.78 is 13.6. The van der Waals surface area contributed by atoms with Crippen LogP contribution in [0.4, 0.5) is 10.5 Å². The van der Waals surface area contributed by atoms with Crippen LogP contribution in [-0.2, 0) is 22.5 Å². The number of carboxylic acid groups (broad SMARTS) is 1. The summed E-state index contributed by atoms with van der Waals surface area (Å²) in [7, 11) is 1.36. The average Bonchev–Trinajstić information content (AvgIpc) is 3.06. The molecule has 3 aromatic rings. The third kappa shape index (κ3) is 4.33. The second kappa shape index (κ2) is 8.79. The van der Waals surface area contributed by atoms with Gasteiger partial charge in [0.05, 0.1) is 30.8 Å². The lowest BCUT2D eigenvalue weighted by Gasteiger charge is -2.36. The molecule has 4 rings (SSSR count). The molecule has 1 amide bonds. The maximum Gasteiger partial charge on any atom is 0.414 e. The van der Waals surface area contributed by atoms with Gasteiger partial charge >= 0.3 is 12.1 Å². The molecular weight excluding hydrogens is 468 g/mol. The van der Waals surface area contributed by atoms with Crippen molar-refractivity contribution in [3.05, 3.63) is 46.1 Å². The van der Waals surface area contributed by atoms with Crippen LogP contribution in [0.2, 0.25) is 5.02 Å². The van der Waals surface area contributed by atoms with Crippen molar-refractivity contribution in [1.82, 2.24) is 4.57 Å². The van der Waals surface area contributed by atoms with Crippen molar-refractivity contribution in [3.63, 3.8) is 0 Å². The number of hydrogen-bond acceptors (Lipinski definition) is 4. The van der Waals surface area contributed by atoms with Crippen LogP contribution in [0.3, 0.4) is 0 Å². The molecule has 0 saturated heterocycles. The van der Waals surface area contributed by atoms with Crippen LogP contribution in [-0.4, -0.2) is 40.5 Å². The molecule has 2 aromatic carbocycles. The number of methoxy groups -OCH3 is 1. The van der Waals surface area contributed by atoms with Gasteiger partial charge < -0.3 is 19.1 Å². The number of carboxylic acids is 1. The second-order valence-electron chi connectivity index (χ2n) is 10.1. The Bertz CT molecular complexity index is 1350. The lowest BCUT2D eigenvalue weighted by atomic mass is 9.88. The van der Waals surface area contributed by atoms with Crippen LogP contribution < -0.4 is 9.64 Å². The van der Waals surface area contributed by atoms with E-state index in [1.165, 1.54) is 7.11 Å². The summed E-state index contributed by atoms with van der Waals surface area (Å²) in [6.07, 6.45) is -0.681. The van der Waals surface area contributed by atoms with Crippen LogP contribution in [0.25, 0.3) is 22.0 Å². The lowest BCUT2D eigenvalue weighted by Crippen LogP contribution is -2.44. The lowest BCUT2D eigenvalue weighted by molar-refractivity contribution is -0.136. The SMILES string of the molecule is COC(=O)N1c2c(C)c(CC(=O)O)c(-c3ccc(Cl)cc3OC(C)(C)C)c3cc(C)n(c23)C[C@@H]1C. The van der Waals surface area contributed by atoms with E-state index in [2.05, 4.69) is 10.6 Å². The van der Waals surface area contributed by atoms with Crippen LogP contribution in [0.15, 0.2) is 24.3 Å². The zero-order valence-electron chi connectivity index (χ0n) is 21.2. The Morgan fingerprint density at radius 3 is 2.49 bits per heavy atom. The molecule has 8 heteroatoms. The first-order valence-electron chi connectivity index (χ1n) is 11.6. The Morgan fingerprint density at radius 2 is 1.89 bits per heavy atom. The minimum absolute atomic E-state index is 0.165. The molecular formula is C27H31ClN2O5. The monoisotopic (exact) mass is 498 g/mol. The van der Waals surface area contributed by atoms with Gasteiger partial charge in [-0.1, -0.05) is 11.6 Å². The van der Waals surface area contributed by atoms with Crippen molar-refractivity contribution in [2.75, 3.05) is 12.0 Å². The first kappa shape index (κ1) is 24.9. The molecule has 0 bridgehead atoms. The van der Waals surface area contributed by atoms with E-state index in [0.717, 1.165) is 33.3 Å². The number of carbonyl (C=O) groups is 2. The van der Waals surface area contributed by atoms with Gasteiger partial charge in [0, 0.05) is 28.2 Å². The van der Waals surface area contributed by atoms with E-state index in [4.69, 9.17) is 21.1 Å². The van der Waals surface area contributed by atoms with Gasteiger partial charge in [-0.3, -0.25) is 9.69 Å². The normalized spacial score (nSPS) is 15.4. The quantitative estimate of drug-likeness (QED) is 0.452. The largest absolute Gasteiger partial charge is 0.487 e. The van der Waals surface area contributed by atoms with E-state index in [1.807, 2.05) is 47.6 Å². The van der Waals surface area contributed by atoms with Gasteiger partial charge in [-0.25, -0.2) is 4.79 Å². The van der Waals surface area contributed by atoms with Crippen LogP contribution in [0, 0.1) is 13.8 Å². The molecule has 0 aliphatic carbocycles. The summed E-state index contributed by atoms with van der Waals surface area (Å²) in [6, 6.07) is 7.32. The molecule has 0 spiro atoms. The summed E-state index contributed by atoms with van der Waals surface area (Å²) in [5, 5.41) is 11.3. The van der Waals surface area contributed by atoms with Crippen molar-refractivity contribution in [3.8, 4) is 16.9 Å². The molecule has 1 N–H and O–H groups in total. The number of rotatable bonds is 4. The molecule has 1 aliphatic heterocycles. The Balaban J connectivity index is 2.16. The third-order valence-corrected chi connectivity index (χ3v) is 6.60. The standard InChI is InChI=1S/C27H31ClN2O5/c1-14-10-20-23(18-9-8-17(28)11-21(18)35-27(4,5)6)19(12-22(31)32)16(3)24-25(20)29(14)13-15(2)30(24)26(33)34-7/h8-11,15H,12-13H2,1-7H3,(H,31,32)/t15-/m0/s1. The molecule has 0 saturated carbocycles. The highest BCUT2D eigenvalue weighted by atomic mass is 35.5. The predicted octanol–water partition coefficient (Wildman–Crippen LogP) is 6.36. The summed E-state index contributed by atoms with van der Waals surface area (Å²) in [4.78, 5) is 26.6. The Hall–Kier alpha value is -3.19. The van der Waals surface area contributed by atoms with Crippen molar-refractivity contribution in [1.29, 1.82) is 0 Å². The van der Waals surface area contributed by atoms with E-state index in [-0.39, 0.29) is 12.5 Å². The number of aliphatic carboxylic acids is 1. The fourth-order valence-corrected chi connectivity index (χ4v) is 5.22. The number of benzene rings is 2. The molecule has 186 valence electrons. The zero-order valence-corrected chi connectivity index (χ0v) is 21.9. The molecule has 0 radical (unpaired) electrons. The maximum absolute atomic E-state index is 12.9. The number of hydrogen-bond donors (Lipinski definition) is 1. The number of anilines is 1. The molecule has 2 heterocycles. The fourth-order valence-electron chi connectivity index (χ4n) is 5.06. The van der Waals surface area contributed by atoms with E-state index >= 15 is 0 Å². The molecule has 1 atom stereocenters. The van der Waals surface area contributed by atoms with Gasteiger partial charge in [-0.15, -0.1) is 0 Å². The fraction of sp³-hybridized carbons (Fsp3) is 0.407. The zero-order chi connectivity index (χ0) is 25.8. The number of nitrogens with zero attached hydrogens (tertiary/aromatic N) is 2. The van der Waals surface area contributed by atoms with Crippen molar-refractivity contribution in [2.45, 2.75) is 66.2 Å². The van der Waals surface area contributed by atoms with E-state index in [9.17, 15) is 14.7 Å². The third-order valence-electron chi connectivity index (χ3n) is 6.36. The minimum Gasteiger partial charge on any atom is -0.487 e. The highest BCUT2D eigenvalue weighted by molar-refractivity contribution is 6.31. The number of ether oxygens (including phenoxy) is 2. The van der Waals surface area contributed by atoms with Gasteiger partial charge in [-0.2, -0.15) is 0 Å². The first-order chi connectivity index (χ1) is 16.3. The smallest absolute Gasteiger partial charge is 0.414 e. The minimum atomic E-state index is -0.960. The van der Waals surface area contributed by atoms with E-state index < -0.39 is 17.7 Å². The van der Waals surface area contributed by atoms with Crippen molar-refractivity contribution >= 4 is 40.3 Å². The summed E-state index contributed by atoms with van der Waals surface area (Å²) in [6.45, 7) is 12.3. The number of carbonyl (C=O) groups excluding carboxylic acids is 1. The summed E-state index contributed by atoms with van der Waals surface area (Å²) >= 11 is 6.34. The highest BCUT2D eigenvalue weighted by Crippen LogP contribution is 2.48. The van der Waals surface area contributed by atoms with Crippen molar-refractivity contribution in [2.24, 2.45) is 0 Å². The van der Waals surface area contributed by atoms with Gasteiger partial charge in [0.1, 0.15) is 11.4 Å². The van der Waals surface area contributed by atoms with Gasteiger partial charge in [0.15, 0.2) is 0 Å². The Morgan fingerprint density at radius 1 is 1.20 bits per heavy atom. The summed E-state index contributed by atoms with van der Waals surface area (Å²) in [5.74, 6) is -0.386. The Labute approximate surface area is 210 Å². The predicted molar refractivity (Wildman–Crippen MR) is 138 cm³/mol. The van der Waals surface area contributed by atoms with Crippen LogP contribution in [0.1, 0.15) is 44.5 Å². The highest BCUT2D eigenvalue weighted by Gasteiger charge is 2.36. The van der Waals surface area contributed by atoms with Crippen LogP contribution in [0.5, 0.6) is 5.75 Å². The molecule has 1 aliphatic rings. The number of amides is 1. The van der Waals surface area contributed by atoms with Gasteiger partial charge in [0.25, 0.3) is 0 Å².